The lowest BCUT2D eigenvalue weighted by Gasteiger charge is -2.09. The number of ether oxygens (including phenoxy) is 1. The van der Waals surface area contributed by atoms with Gasteiger partial charge in [0.15, 0.2) is 0 Å². The van der Waals surface area contributed by atoms with Crippen LogP contribution in [0.25, 0.3) is 0 Å². The number of nitrogens with two attached hydrogens (primary N) is 1. The van der Waals surface area contributed by atoms with Crippen molar-refractivity contribution in [3.05, 3.63) is 42.0 Å². The molecule has 0 bridgehead atoms. The maximum Gasteiger partial charge on any atom is 0.134 e. The van der Waals surface area contributed by atoms with Crippen LogP contribution in [0.2, 0.25) is 0 Å². The highest BCUT2D eigenvalue weighted by Crippen LogP contribution is 2.18. The second-order valence-electron chi connectivity index (χ2n) is 4.04. The van der Waals surface area contributed by atoms with E-state index in [4.69, 9.17) is 10.5 Å². The third-order valence-corrected chi connectivity index (χ3v) is 2.88. The first-order chi connectivity index (χ1) is 8.85. The van der Waals surface area contributed by atoms with Crippen LogP contribution in [-0.2, 0) is 19.4 Å². The highest BCUT2D eigenvalue weighted by atomic mass is 16.5. The van der Waals surface area contributed by atoms with Crippen molar-refractivity contribution in [3.63, 3.8) is 0 Å². The normalized spacial score (nSPS) is 10.6. The van der Waals surface area contributed by atoms with Gasteiger partial charge in [-0.3, -0.25) is 0 Å². The van der Waals surface area contributed by atoms with E-state index in [1.54, 1.807) is 13.4 Å². The Bertz CT molecular complexity index is 495. The number of para-hydroxylation sites is 1. The fourth-order valence-electron chi connectivity index (χ4n) is 1.94. The van der Waals surface area contributed by atoms with Crippen LogP contribution >= 0.6 is 0 Å². The lowest BCUT2D eigenvalue weighted by Crippen LogP contribution is -2.11. The third kappa shape index (κ3) is 2.87. The Morgan fingerprint density at radius 2 is 2.11 bits per heavy atom. The number of rotatable bonds is 6. The molecule has 0 aliphatic rings. The molecule has 2 rings (SSSR count). The average Bonchev–Trinajstić information content (AvgIpc) is 2.84. The molecule has 0 aliphatic heterocycles. The summed E-state index contributed by atoms with van der Waals surface area (Å²) >= 11 is 0. The summed E-state index contributed by atoms with van der Waals surface area (Å²) in [6, 6.07) is 8.04. The average molecular weight is 246 g/mol. The fraction of sp³-hybridized carbons (Fsp3) is 0.385. The highest BCUT2D eigenvalue weighted by molar-refractivity contribution is 5.33. The molecule has 96 valence electrons. The molecule has 2 N–H and O–H groups in total. The Kier molecular flexibility index (Phi) is 4.30. The summed E-state index contributed by atoms with van der Waals surface area (Å²) < 4.78 is 7.37. The molecular weight excluding hydrogens is 228 g/mol. The van der Waals surface area contributed by atoms with Crippen LogP contribution in [0.4, 0.5) is 0 Å². The third-order valence-electron chi connectivity index (χ3n) is 2.88. The summed E-state index contributed by atoms with van der Waals surface area (Å²) in [6.45, 7) is 1.43. The molecule has 0 saturated carbocycles. The number of nitrogens with zero attached hydrogens (tertiary/aromatic N) is 3. The van der Waals surface area contributed by atoms with Crippen LogP contribution < -0.4 is 10.5 Å². The Morgan fingerprint density at radius 3 is 2.89 bits per heavy atom. The molecule has 1 aromatic heterocycles. The predicted octanol–water partition coefficient (Wildman–Crippen LogP) is 1.03. The van der Waals surface area contributed by atoms with Crippen LogP contribution in [-0.4, -0.2) is 28.4 Å². The minimum atomic E-state index is 0.591. The van der Waals surface area contributed by atoms with Crippen LogP contribution in [0.5, 0.6) is 5.75 Å². The number of methoxy groups -OCH3 is 1. The van der Waals surface area contributed by atoms with E-state index in [9.17, 15) is 0 Å². The van der Waals surface area contributed by atoms with Crippen LogP contribution in [0.3, 0.4) is 0 Å². The molecule has 2 aromatic rings. The zero-order valence-corrected chi connectivity index (χ0v) is 10.5. The molecule has 0 spiro atoms. The van der Waals surface area contributed by atoms with E-state index in [1.807, 2.05) is 22.8 Å². The molecule has 5 nitrogen and oxygen atoms in total. The van der Waals surface area contributed by atoms with Gasteiger partial charge in [0, 0.05) is 13.0 Å². The van der Waals surface area contributed by atoms with E-state index >= 15 is 0 Å². The van der Waals surface area contributed by atoms with Gasteiger partial charge in [-0.15, -0.1) is 10.2 Å². The van der Waals surface area contributed by atoms with Crippen LogP contribution in [0.15, 0.2) is 30.6 Å². The van der Waals surface area contributed by atoms with Crippen LogP contribution in [0, 0.1) is 0 Å². The largest absolute Gasteiger partial charge is 0.496 e. The maximum absolute atomic E-state index is 5.54. The van der Waals surface area contributed by atoms with E-state index in [-0.39, 0.29) is 0 Å². The van der Waals surface area contributed by atoms with Gasteiger partial charge in [-0.1, -0.05) is 18.2 Å². The van der Waals surface area contributed by atoms with Gasteiger partial charge in [-0.2, -0.15) is 0 Å². The summed E-state index contributed by atoms with van der Waals surface area (Å²) in [6.07, 6.45) is 3.39. The van der Waals surface area contributed by atoms with E-state index in [1.165, 1.54) is 5.56 Å². The molecule has 0 saturated heterocycles. The molecule has 0 radical (unpaired) electrons. The first kappa shape index (κ1) is 12.6. The molecule has 0 fully saturated rings. The minimum Gasteiger partial charge on any atom is -0.496 e. The number of aromatic nitrogens is 3. The van der Waals surface area contributed by atoms with Crippen molar-refractivity contribution < 1.29 is 4.74 Å². The van der Waals surface area contributed by atoms with E-state index in [0.29, 0.717) is 6.54 Å². The zero-order chi connectivity index (χ0) is 12.8. The van der Waals surface area contributed by atoms with Crippen molar-refractivity contribution in [1.29, 1.82) is 0 Å². The van der Waals surface area contributed by atoms with E-state index < -0.39 is 0 Å². The first-order valence-corrected chi connectivity index (χ1v) is 6.03. The molecule has 5 heteroatoms. The predicted molar refractivity (Wildman–Crippen MR) is 69.5 cm³/mol. The second kappa shape index (κ2) is 6.16. The molecular formula is C13H18N4O. The maximum atomic E-state index is 5.54. The molecule has 1 heterocycles. The summed E-state index contributed by atoms with van der Waals surface area (Å²) in [7, 11) is 1.69. The van der Waals surface area contributed by atoms with Crippen molar-refractivity contribution >= 4 is 0 Å². The van der Waals surface area contributed by atoms with Gasteiger partial charge in [-0.05, 0) is 24.6 Å². The van der Waals surface area contributed by atoms with Crippen molar-refractivity contribution in [2.75, 3.05) is 13.7 Å². The molecule has 0 atom stereocenters. The number of hydrogen-bond donors (Lipinski definition) is 1. The Balaban J connectivity index is 2.04. The van der Waals surface area contributed by atoms with Gasteiger partial charge < -0.3 is 15.0 Å². The SMILES string of the molecule is COc1ccccc1CCn1cnnc1CCN. The number of hydrogen-bond acceptors (Lipinski definition) is 4. The minimum absolute atomic E-state index is 0.591. The van der Waals surface area contributed by atoms with Gasteiger partial charge in [-0.25, -0.2) is 0 Å². The quantitative estimate of drug-likeness (QED) is 0.826. The van der Waals surface area contributed by atoms with E-state index in [2.05, 4.69) is 16.3 Å². The molecule has 18 heavy (non-hydrogen) atoms. The first-order valence-electron chi connectivity index (χ1n) is 6.03. The molecule has 0 aliphatic carbocycles. The standard InChI is InChI=1S/C13H18N4O/c1-18-12-5-3-2-4-11(12)7-9-17-10-15-16-13(17)6-8-14/h2-5,10H,6-9,14H2,1H3. The van der Waals surface area contributed by atoms with Crippen LogP contribution in [0.1, 0.15) is 11.4 Å². The Morgan fingerprint density at radius 1 is 1.28 bits per heavy atom. The smallest absolute Gasteiger partial charge is 0.134 e. The van der Waals surface area contributed by atoms with Crippen molar-refractivity contribution in [2.45, 2.75) is 19.4 Å². The summed E-state index contributed by atoms with van der Waals surface area (Å²) in [5, 5.41) is 7.98. The number of benzene rings is 1. The summed E-state index contributed by atoms with van der Waals surface area (Å²) in [4.78, 5) is 0. The van der Waals surface area contributed by atoms with Crippen molar-refractivity contribution in [3.8, 4) is 5.75 Å². The highest BCUT2D eigenvalue weighted by Gasteiger charge is 2.05. The fourth-order valence-corrected chi connectivity index (χ4v) is 1.94. The Labute approximate surface area is 107 Å². The summed E-state index contributed by atoms with van der Waals surface area (Å²) in [5.41, 5.74) is 6.73. The number of aryl methyl sites for hydroxylation is 2. The molecule has 0 amide bonds. The second-order valence-corrected chi connectivity index (χ2v) is 4.04. The monoisotopic (exact) mass is 246 g/mol. The topological polar surface area (TPSA) is 66.0 Å². The lowest BCUT2D eigenvalue weighted by atomic mass is 10.1. The van der Waals surface area contributed by atoms with Gasteiger partial charge in [0.05, 0.1) is 7.11 Å². The Hall–Kier alpha value is -1.88. The van der Waals surface area contributed by atoms with E-state index in [0.717, 1.165) is 31.0 Å². The molecule has 0 unspecified atom stereocenters. The van der Waals surface area contributed by atoms with Gasteiger partial charge in [0.2, 0.25) is 0 Å². The van der Waals surface area contributed by atoms with Crippen molar-refractivity contribution in [2.24, 2.45) is 5.73 Å². The molecule has 1 aromatic carbocycles. The van der Waals surface area contributed by atoms with Gasteiger partial charge in [0.1, 0.15) is 17.9 Å². The summed E-state index contributed by atoms with van der Waals surface area (Å²) in [5.74, 6) is 1.86. The van der Waals surface area contributed by atoms with Gasteiger partial charge in [0.25, 0.3) is 0 Å². The lowest BCUT2D eigenvalue weighted by molar-refractivity contribution is 0.408. The van der Waals surface area contributed by atoms with Gasteiger partial charge >= 0.3 is 0 Å². The van der Waals surface area contributed by atoms with Crippen molar-refractivity contribution in [1.82, 2.24) is 14.8 Å². The zero-order valence-electron chi connectivity index (χ0n) is 10.5.